The van der Waals surface area contributed by atoms with Crippen molar-refractivity contribution >= 4 is 104 Å². The van der Waals surface area contributed by atoms with E-state index in [9.17, 15) is 0 Å². The highest BCUT2D eigenvalue weighted by molar-refractivity contribution is 6.29. The molecule has 60 heavy (non-hydrogen) atoms. The molecule has 280 valence electrons. The van der Waals surface area contributed by atoms with Crippen molar-refractivity contribution in [1.82, 2.24) is 9.55 Å². The van der Waals surface area contributed by atoms with Crippen LogP contribution in [0.25, 0.3) is 104 Å². The number of rotatable bonds is 5. The topological polar surface area (TPSA) is 47.3 Å². The van der Waals surface area contributed by atoms with E-state index in [0.717, 1.165) is 94.2 Å². The molecule has 0 atom stereocenters. The molecular weight excluding hydrogens is 735 g/mol. The summed E-state index contributed by atoms with van der Waals surface area (Å²) in [7, 11) is 0. The number of aromatic nitrogens is 2. The first kappa shape index (κ1) is 32.9. The van der Waals surface area contributed by atoms with Crippen molar-refractivity contribution in [1.29, 1.82) is 0 Å². The lowest BCUT2D eigenvalue weighted by Crippen LogP contribution is -2.09. The zero-order valence-corrected chi connectivity index (χ0v) is 32.2. The lowest BCUT2D eigenvalue weighted by atomic mass is 9.96. The van der Waals surface area contributed by atoms with E-state index in [2.05, 4.69) is 185 Å². The minimum Gasteiger partial charge on any atom is -0.456 e. The summed E-state index contributed by atoms with van der Waals surface area (Å²) in [5.41, 5.74) is 12.9. The number of fused-ring (bicyclic) bond motifs is 13. The fourth-order valence-corrected chi connectivity index (χ4v) is 9.50. The molecule has 4 heterocycles. The van der Waals surface area contributed by atoms with Gasteiger partial charge in [0, 0.05) is 88.9 Å². The molecule has 0 radical (unpaired) electrons. The molecule has 13 rings (SSSR count). The van der Waals surface area contributed by atoms with Crippen molar-refractivity contribution < 1.29 is 8.83 Å². The van der Waals surface area contributed by atoms with Crippen molar-refractivity contribution in [3.05, 3.63) is 200 Å². The van der Waals surface area contributed by atoms with Crippen LogP contribution in [0.1, 0.15) is 0 Å². The Morgan fingerprint density at radius 1 is 0.367 bits per heavy atom. The van der Waals surface area contributed by atoms with E-state index < -0.39 is 0 Å². The largest absolute Gasteiger partial charge is 0.456 e. The molecule has 0 bridgehead atoms. The van der Waals surface area contributed by atoms with Gasteiger partial charge >= 0.3 is 0 Å². The zero-order valence-electron chi connectivity index (χ0n) is 32.2. The molecule has 0 amide bonds. The van der Waals surface area contributed by atoms with Gasteiger partial charge in [-0.05, 0) is 78.9 Å². The Morgan fingerprint density at radius 2 is 0.900 bits per heavy atom. The molecule has 4 aromatic heterocycles. The second kappa shape index (κ2) is 12.7. The molecule has 9 aromatic carbocycles. The third kappa shape index (κ3) is 4.84. The SMILES string of the molecule is c1ccc(-n2c3ccccc3c3c4c(ccc32)c(-c2ccc(N(c3ccc5c(c3)oc3ccccc35)c3ccc5c(c3)oc3ccccc35)cc2)nc2ccccc24)cc1. The van der Waals surface area contributed by atoms with Gasteiger partial charge in [0.1, 0.15) is 22.3 Å². The standard InChI is InChI=1S/C55H33N3O2/c1-2-12-35(13-3-1)58-47-19-9-5-17-44(47)54-48(58)31-30-45-53(54)43-16-4-8-18-46(43)56-55(45)34-22-24-36(25-23-34)57(37-26-28-41-39-14-6-10-20-49(39)59-51(41)32-37)38-27-29-42-40-15-7-11-21-50(40)60-52(42)33-38/h1-33H. The van der Waals surface area contributed by atoms with E-state index in [1.54, 1.807) is 0 Å². The summed E-state index contributed by atoms with van der Waals surface area (Å²) in [6, 6.07) is 70.6. The summed E-state index contributed by atoms with van der Waals surface area (Å²) in [5, 5.41) is 10.3. The maximum absolute atomic E-state index is 6.41. The van der Waals surface area contributed by atoms with Crippen molar-refractivity contribution in [2.45, 2.75) is 0 Å². The number of para-hydroxylation sites is 5. The highest BCUT2D eigenvalue weighted by atomic mass is 16.3. The van der Waals surface area contributed by atoms with E-state index in [0.29, 0.717) is 0 Å². The lowest BCUT2D eigenvalue weighted by Gasteiger charge is -2.25. The van der Waals surface area contributed by atoms with Crippen LogP contribution < -0.4 is 4.90 Å². The van der Waals surface area contributed by atoms with Gasteiger partial charge in [-0.25, -0.2) is 4.98 Å². The van der Waals surface area contributed by atoms with Gasteiger partial charge in [0.2, 0.25) is 0 Å². The molecule has 0 aliphatic heterocycles. The van der Waals surface area contributed by atoms with Crippen LogP contribution in [-0.2, 0) is 0 Å². The molecule has 0 fully saturated rings. The summed E-state index contributed by atoms with van der Waals surface area (Å²) in [5.74, 6) is 0. The van der Waals surface area contributed by atoms with Gasteiger partial charge < -0.3 is 18.3 Å². The molecule has 13 aromatic rings. The van der Waals surface area contributed by atoms with Crippen LogP contribution in [0.3, 0.4) is 0 Å². The number of nitrogens with zero attached hydrogens (tertiary/aromatic N) is 3. The Bertz CT molecular complexity index is 3720. The first-order chi connectivity index (χ1) is 29.7. The van der Waals surface area contributed by atoms with E-state index in [1.165, 1.54) is 27.2 Å². The first-order valence-corrected chi connectivity index (χ1v) is 20.3. The van der Waals surface area contributed by atoms with Gasteiger partial charge in [-0.2, -0.15) is 0 Å². The van der Waals surface area contributed by atoms with Crippen LogP contribution in [0, 0.1) is 0 Å². The molecule has 0 aliphatic rings. The van der Waals surface area contributed by atoms with Gasteiger partial charge in [-0.3, -0.25) is 0 Å². The molecule has 0 aliphatic carbocycles. The Morgan fingerprint density at radius 3 is 1.58 bits per heavy atom. The van der Waals surface area contributed by atoms with Crippen LogP contribution in [0.5, 0.6) is 0 Å². The highest BCUT2D eigenvalue weighted by Gasteiger charge is 2.21. The normalized spacial score (nSPS) is 12.0. The Kier molecular flexibility index (Phi) is 6.95. The van der Waals surface area contributed by atoms with Crippen molar-refractivity contribution in [2.24, 2.45) is 0 Å². The first-order valence-electron chi connectivity index (χ1n) is 20.3. The maximum Gasteiger partial charge on any atom is 0.137 e. The van der Waals surface area contributed by atoms with E-state index in [-0.39, 0.29) is 0 Å². The number of hydrogen-bond donors (Lipinski definition) is 0. The van der Waals surface area contributed by atoms with E-state index in [1.807, 2.05) is 24.3 Å². The summed E-state index contributed by atoms with van der Waals surface area (Å²) < 4.78 is 15.2. The summed E-state index contributed by atoms with van der Waals surface area (Å²) in [4.78, 5) is 7.66. The van der Waals surface area contributed by atoms with Gasteiger partial charge in [0.25, 0.3) is 0 Å². The molecule has 0 N–H and O–H groups in total. The zero-order chi connectivity index (χ0) is 39.3. The summed E-state index contributed by atoms with van der Waals surface area (Å²) in [6.45, 7) is 0. The lowest BCUT2D eigenvalue weighted by molar-refractivity contribution is 0.669. The van der Waals surface area contributed by atoms with Gasteiger partial charge in [-0.15, -0.1) is 0 Å². The van der Waals surface area contributed by atoms with Crippen LogP contribution in [0.15, 0.2) is 209 Å². The fourth-order valence-electron chi connectivity index (χ4n) is 9.50. The monoisotopic (exact) mass is 767 g/mol. The van der Waals surface area contributed by atoms with Crippen molar-refractivity contribution in [2.75, 3.05) is 4.90 Å². The predicted octanol–water partition coefficient (Wildman–Crippen LogP) is 15.4. The fraction of sp³-hybridized carbons (Fsp3) is 0. The number of anilines is 3. The summed E-state index contributed by atoms with van der Waals surface area (Å²) in [6.07, 6.45) is 0. The molecular formula is C55H33N3O2. The number of pyridine rings is 1. The smallest absolute Gasteiger partial charge is 0.137 e. The number of hydrogen-bond acceptors (Lipinski definition) is 4. The molecule has 0 saturated heterocycles. The second-order valence-corrected chi connectivity index (χ2v) is 15.5. The number of furan rings is 2. The number of benzene rings is 9. The molecule has 0 unspecified atom stereocenters. The van der Waals surface area contributed by atoms with Crippen molar-refractivity contribution in [3.63, 3.8) is 0 Å². The van der Waals surface area contributed by atoms with Gasteiger partial charge in [0.05, 0.1) is 22.2 Å². The Balaban J connectivity index is 1.01. The molecule has 5 heteroatoms. The van der Waals surface area contributed by atoms with Crippen LogP contribution in [-0.4, -0.2) is 9.55 Å². The molecule has 0 spiro atoms. The quantitative estimate of drug-likeness (QED) is 0.164. The average molecular weight is 768 g/mol. The van der Waals surface area contributed by atoms with E-state index >= 15 is 0 Å². The second-order valence-electron chi connectivity index (χ2n) is 15.5. The Labute approximate surface area is 343 Å². The highest BCUT2D eigenvalue weighted by Crippen LogP contribution is 2.44. The van der Waals surface area contributed by atoms with Crippen LogP contribution >= 0.6 is 0 Å². The maximum atomic E-state index is 6.41. The van der Waals surface area contributed by atoms with Gasteiger partial charge in [0.15, 0.2) is 0 Å². The molecule has 5 nitrogen and oxygen atoms in total. The summed E-state index contributed by atoms with van der Waals surface area (Å²) >= 11 is 0. The third-order valence-corrected chi connectivity index (χ3v) is 12.2. The van der Waals surface area contributed by atoms with E-state index in [4.69, 9.17) is 13.8 Å². The predicted molar refractivity (Wildman–Crippen MR) is 248 cm³/mol. The van der Waals surface area contributed by atoms with Crippen LogP contribution in [0.4, 0.5) is 17.1 Å². The minimum atomic E-state index is 0.840. The third-order valence-electron chi connectivity index (χ3n) is 12.2. The Hall–Kier alpha value is -8.15. The van der Waals surface area contributed by atoms with Crippen LogP contribution in [0.2, 0.25) is 0 Å². The minimum absolute atomic E-state index is 0.840. The van der Waals surface area contributed by atoms with Gasteiger partial charge in [-0.1, -0.05) is 109 Å². The van der Waals surface area contributed by atoms with Crippen molar-refractivity contribution in [3.8, 4) is 16.9 Å². The molecule has 0 saturated carbocycles. The average Bonchev–Trinajstić information content (AvgIpc) is 3.98.